The third kappa shape index (κ3) is 2.16. The standard InChI is InChI=1S/C14H17BrFNO/c15-9-10-8-11(16)4-5-12(10)17-6-7-18-14-3-1-2-13(14)17/h4-5,8,13-14H,1-3,6-7,9H2. The highest BCUT2D eigenvalue weighted by Gasteiger charge is 2.36. The molecule has 1 aliphatic heterocycles. The third-order valence-corrected chi connectivity index (χ3v) is 4.58. The van der Waals surface area contributed by atoms with E-state index in [2.05, 4.69) is 20.8 Å². The normalized spacial score (nSPS) is 27.3. The van der Waals surface area contributed by atoms with Crippen molar-refractivity contribution in [2.75, 3.05) is 18.1 Å². The van der Waals surface area contributed by atoms with Crippen LogP contribution in [0, 0.1) is 5.82 Å². The van der Waals surface area contributed by atoms with Crippen molar-refractivity contribution in [2.45, 2.75) is 36.7 Å². The SMILES string of the molecule is Fc1ccc(N2CCOC3CCCC32)c(CBr)c1. The second kappa shape index (κ2) is 5.17. The van der Waals surface area contributed by atoms with E-state index in [4.69, 9.17) is 4.74 Å². The fourth-order valence-electron chi connectivity index (χ4n) is 3.17. The number of fused-ring (bicyclic) bond motifs is 1. The van der Waals surface area contributed by atoms with Crippen molar-refractivity contribution in [3.05, 3.63) is 29.6 Å². The number of halogens is 2. The van der Waals surface area contributed by atoms with E-state index < -0.39 is 0 Å². The average molecular weight is 314 g/mol. The van der Waals surface area contributed by atoms with Crippen LogP contribution in [0.1, 0.15) is 24.8 Å². The Hall–Kier alpha value is -0.610. The molecule has 1 aromatic rings. The van der Waals surface area contributed by atoms with E-state index in [1.54, 1.807) is 12.1 Å². The third-order valence-electron chi connectivity index (χ3n) is 3.98. The van der Waals surface area contributed by atoms with Crippen molar-refractivity contribution < 1.29 is 9.13 Å². The lowest BCUT2D eigenvalue weighted by atomic mass is 10.1. The van der Waals surface area contributed by atoms with Gasteiger partial charge in [-0.05, 0) is 43.0 Å². The Morgan fingerprint density at radius 3 is 3.11 bits per heavy atom. The fourth-order valence-corrected chi connectivity index (χ4v) is 3.62. The summed E-state index contributed by atoms with van der Waals surface area (Å²) in [4.78, 5) is 2.41. The van der Waals surface area contributed by atoms with E-state index in [-0.39, 0.29) is 5.82 Å². The van der Waals surface area contributed by atoms with Gasteiger partial charge in [0.1, 0.15) is 5.82 Å². The molecular weight excluding hydrogens is 297 g/mol. The highest BCUT2D eigenvalue weighted by molar-refractivity contribution is 9.08. The lowest BCUT2D eigenvalue weighted by Gasteiger charge is -2.40. The van der Waals surface area contributed by atoms with E-state index >= 15 is 0 Å². The van der Waals surface area contributed by atoms with Crippen LogP contribution in [0.3, 0.4) is 0 Å². The molecule has 2 unspecified atom stereocenters. The first-order chi connectivity index (χ1) is 8.79. The van der Waals surface area contributed by atoms with Crippen molar-refractivity contribution in [2.24, 2.45) is 0 Å². The number of anilines is 1. The van der Waals surface area contributed by atoms with Gasteiger partial charge in [0.05, 0.1) is 18.8 Å². The molecule has 18 heavy (non-hydrogen) atoms. The van der Waals surface area contributed by atoms with Crippen LogP contribution in [-0.2, 0) is 10.1 Å². The molecule has 1 heterocycles. The summed E-state index contributed by atoms with van der Waals surface area (Å²) in [6.07, 6.45) is 3.94. The van der Waals surface area contributed by atoms with Crippen LogP contribution in [-0.4, -0.2) is 25.3 Å². The number of ether oxygens (including phenoxy) is 1. The van der Waals surface area contributed by atoms with Crippen LogP contribution >= 0.6 is 15.9 Å². The molecule has 4 heteroatoms. The van der Waals surface area contributed by atoms with E-state index in [9.17, 15) is 4.39 Å². The van der Waals surface area contributed by atoms with Gasteiger partial charge < -0.3 is 9.64 Å². The number of morpholine rings is 1. The maximum absolute atomic E-state index is 13.3. The van der Waals surface area contributed by atoms with E-state index in [0.717, 1.165) is 30.8 Å². The number of hydrogen-bond donors (Lipinski definition) is 0. The molecule has 2 fully saturated rings. The summed E-state index contributed by atoms with van der Waals surface area (Å²) in [6, 6.07) is 5.57. The van der Waals surface area contributed by atoms with Gasteiger partial charge in [-0.1, -0.05) is 15.9 Å². The lowest BCUT2D eigenvalue weighted by molar-refractivity contribution is 0.0256. The predicted molar refractivity (Wildman–Crippen MR) is 73.8 cm³/mol. The van der Waals surface area contributed by atoms with Crippen molar-refractivity contribution in [1.29, 1.82) is 0 Å². The van der Waals surface area contributed by atoms with Crippen molar-refractivity contribution in [3.63, 3.8) is 0 Å². The Bertz CT molecular complexity index is 440. The maximum atomic E-state index is 13.3. The van der Waals surface area contributed by atoms with Crippen LogP contribution in [0.25, 0.3) is 0 Å². The molecule has 0 radical (unpaired) electrons. The van der Waals surface area contributed by atoms with Gasteiger partial charge in [0.2, 0.25) is 0 Å². The molecule has 0 amide bonds. The fraction of sp³-hybridized carbons (Fsp3) is 0.571. The molecule has 0 spiro atoms. The zero-order chi connectivity index (χ0) is 12.5. The van der Waals surface area contributed by atoms with E-state index in [1.807, 2.05) is 6.07 Å². The highest BCUT2D eigenvalue weighted by atomic mass is 79.9. The van der Waals surface area contributed by atoms with E-state index in [0.29, 0.717) is 17.5 Å². The van der Waals surface area contributed by atoms with Crippen molar-refractivity contribution >= 4 is 21.6 Å². The van der Waals surface area contributed by atoms with Crippen molar-refractivity contribution in [1.82, 2.24) is 0 Å². The number of hydrogen-bond acceptors (Lipinski definition) is 2. The Morgan fingerprint density at radius 1 is 1.39 bits per heavy atom. The van der Waals surface area contributed by atoms with Crippen LogP contribution in [0.5, 0.6) is 0 Å². The molecule has 0 N–H and O–H groups in total. The average Bonchev–Trinajstić information content (AvgIpc) is 2.86. The van der Waals surface area contributed by atoms with Gasteiger partial charge in [0.15, 0.2) is 0 Å². The monoisotopic (exact) mass is 313 g/mol. The molecule has 3 rings (SSSR count). The first-order valence-corrected chi connectivity index (χ1v) is 7.64. The Kier molecular flexibility index (Phi) is 3.57. The van der Waals surface area contributed by atoms with Gasteiger partial charge in [-0.3, -0.25) is 0 Å². The second-order valence-corrected chi connectivity index (χ2v) is 5.57. The van der Waals surface area contributed by atoms with Gasteiger partial charge >= 0.3 is 0 Å². The maximum Gasteiger partial charge on any atom is 0.123 e. The number of nitrogens with zero attached hydrogens (tertiary/aromatic N) is 1. The number of alkyl halides is 1. The summed E-state index contributed by atoms with van der Waals surface area (Å²) in [5, 5.41) is 0.689. The molecule has 1 aromatic carbocycles. The Labute approximate surface area is 115 Å². The summed E-state index contributed by atoms with van der Waals surface area (Å²) in [5.41, 5.74) is 2.19. The van der Waals surface area contributed by atoms with Gasteiger partial charge in [-0.2, -0.15) is 0 Å². The summed E-state index contributed by atoms with van der Waals surface area (Å²) in [6.45, 7) is 1.69. The van der Waals surface area contributed by atoms with Gasteiger partial charge in [-0.25, -0.2) is 4.39 Å². The quantitative estimate of drug-likeness (QED) is 0.775. The minimum Gasteiger partial charge on any atom is -0.374 e. The zero-order valence-corrected chi connectivity index (χ0v) is 11.8. The van der Waals surface area contributed by atoms with Gasteiger partial charge in [-0.15, -0.1) is 0 Å². The molecule has 2 nitrogen and oxygen atoms in total. The Morgan fingerprint density at radius 2 is 2.28 bits per heavy atom. The molecule has 98 valence electrons. The first kappa shape index (κ1) is 12.4. The molecule has 1 saturated carbocycles. The summed E-state index contributed by atoms with van der Waals surface area (Å²) in [7, 11) is 0. The molecule has 0 aromatic heterocycles. The van der Waals surface area contributed by atoms with Crippen LogP contribution in [0.15, 0.2) is 18.2 Å². The second-order valence-electron chi connectivity index (χ2n) is 5.01. The summed E-state index contributed by atoms with van der Waals surface area (Å²) < 4.78 is 19.1. The molecule has 1 aliphatic carbocycles. The van der Waals surface area contributed by atoms with Gasteiger partial charge in [0.25, 0.3) is 0 Å². The first-order valence-electron chi connectivity index (χ1n) is 6.52. The predicted octanol–water partition coefficient (Wildman–Crippen LogP) is 3.48. The van der Waals surface area contributed by atoms with Crippen molar-refractivity contribution in [3.8, 4) is 0 Å². The zero-order valence-electron chi connectivity index (χ0n) is 10.2. The molecule has 2 atom stereocenters. The molecule has 0 bridgehead atoms. The molecule has 1 saturated heterocycles. The molecule has 2 aliphatic rings. The Balaban J connectivity index is 1.93. The van der Waals surface area contributed by atoms with Crippen LogP contribution < -0.4 is 4.90 Å². The minimum absolute atomic E-state index is 0.163. The van der Waals surface area contributed by atoms with E-state index in [1.165, 1.54) is 12.8 Å². The topological polar surface area (TPSA) is 12.5 Å². The summed E-state index contributed by atoms with van der Waals surface area (Å²) >= 11 is 3.46. The van der Waals surface area contributed by atoms with Gasteiger partial charge in [0, 0.05) is 17.6 Å². The number of benzene rings is 1. The smallest absolute Gasteiger partial charge is 0.123 e. The minimum atomic E-state index is -0.163. The summed E-state index contributed by atoms with van der Waals surface area (Å²) in [5.74, 6) is -0.163. The van der Waals surface area contributed by atoms with Crippen LogP contribution in [0.4, 0.5) is 10.1 Å². The highest BCUT2D eigenvalue weighted by Crippen LogP contribution is 2.35. The molecular formula is C14H17BrFNO. The largest absolute Gasteiger partial charge is 0.374 e. The van der Waals surface area contributed by atoms with Crippen LogP contribution in [0.2, 0.25) is 0 Å². The number of rotatable bonds is 2. The lowest BCUT2D eigenvalue weighted by Crippen LogP contribution is -2.49.